The highest BCUT2D eigenvalue weighted by Gasteiger charge is 2.13. The minimum absolute atomic E-state index is 0.293. The van der Waals surface area contributed by atoms with Crippen molar-refractivity contribution in [1.29, 1.82) is 0 Å². The van der Waals surface area contributed by atoms with E-state index in [-0.39, 0.29) is 5.91 Å². The topological polar surface area (TPSA) is 52.8 Å². The van der Waals surface area contributed by atoms with Gasteiger partial charge in [0.1, 0.15) is 5.75 Å². The molecular formula is C20H21ClN2O3S. The summed E-state index contributed by atoms with van der Waals surface area (Å²) in [4.78, 5) is 17.7. The highest BCUT2D eigenvalue weighted by molar-refractivity contribution is 7.16. The summed E-state index contributed by atoms with van der Waals surface area (Å²) in [7, 11) is 1.59. The lowest BCUT2D eigenvalue weighted by atomic mass is 10.2. The Bertz CT molecular complexity index is 1020. The molecule has 0 aliphatic heterocycles. The number of benzene rings is 2. The number of carbonyl (C=O) groups excluding carboxylic acids is 1. The number of carbonyl (C=O) groups is 1. The molecule has 2 aromatic carbocycles. The third kappa shape index (κ3) is 4.24. The van der Waals surface area contributed by atoms with Crippen LogP contribution < -0.4 is 9.54 Å². The van der Waals surface area contributed by atoms with Crippen molar-refractivity contribution < 1.29 is 14.3 Å². The molecule has 1 aromatic heterocycles. The SMILES string of the molecule is CCOCCn1c(=NC(=O)c2ccc(OC)cc2)sc2ccc(Cl)c(C)c21. The Kier molecular flexibility index (Phi) is 6.31. The number of aryl methyl sites for hydroxylation is 1. The number of thiazole rings is 1. The van der Waals surface area contributed by atoms with E-state index in [2.05, 4.69) is 4.99 Å². The Morgan fingerprint density at radius 3 is 2.63 bits per heavy atom. The van der Waals surface area contributed by atoms with Gasteiger partial charge in [0, 0.05) is 23.7 Å². The molecule has 3 aromatic rings. The van der Waals surface area contributed by atoms with E-state index in [0.29, 0.717) is 40.9 Å². The fourth-order valence-corrected chi connectivity index (χ4v) is 4.06. The Labute approximate surface area is 166 Å². The summed E-state index contributed by atoms with van der Waals surface area (Å²) < 4.78 is 13.7. The fourth-order valence-electron chi connectivity index (χ4n) is 2.79. The molecule has 0 spiro atoms. The van der Waals surface area contributed by atoms with Crippen LogP contribution in [0.15, 0.2) is 41.4 Å². The number of hydrogen-bond acceptors (Lipinski definition) is 4. The maximum atomic E-state index is 12.7. The van der Waals surface area contributed by atoms with Crippen LogP contribution in [0.2, 0.25) is 5.02 Å². The van der Waals surface area contributed by atoms with Crippen LogP contribution in [0.5, 0.6) is 5.75 Å². The van der Waals surface area contributed by atoms with Gasteiger partial charge >= 0.3 is 0 Å². The van der Waals surface area contributed by atoms with Crippen molar-refractivity contribution in [2.45, 2.75) is 20.4 Å². The molecular weight excluding hydrogens is 384 g/mol. The Morgan fingerprint density at radius 1 is 1.22 bits per heavy atom. The number of nitrogens with zero attached hydrogens (tertiary/aromatic N) is 2. The van der Waals surface area contributed by atoms with Crippen LogP contribution in [-0.4, -0.2) is 30.8 Å². The predicted octanol–water partition coefficient (Wildman–Crippen LogP) is 4.45. The molecule has 27 heavy (non-hydrogen) atoms. The van der Waals surface area contributed by atoms with Crippen LogP contribution in [0.3, 0.4) is 0 Å². The summed E-state index contributed by atoms with van der Waals surface area (Å²) in [6, 6.07) is 10.8. The molecule has 1 amide bonds. The Balaban J connectivity index is 2.08. The number of halogens is 1. The molecule has 0 aliphatic rings. The van der Waals surface area contributed by atoms with Gasteiger partial charge in [-0.1, -0.05) is 22.9 Å². The molecule has 0 N–H and O–H groups in total. The van der Waals surface area contributed by atoms with Gasteiger partial charge in [-0.05, 0) is 55.8 Å². The number of aromatic nitrogens is 1. The van der Waals surface area contributed by atoms with Crippen molar-refractivity contribution in [3.05, 3.63) is 57.3 Å². The maximum absolute atomic E-state index is 12.7. The van der Waals surface area contributed by atoms with Gasteiger partial charge in [-0.2, -0.15) is 4.99 Å². The molecule has 0 atom stereocenters. The van der Waals surface area contributed by atoms with Crippen molar-refractivity contribution in [1.82, 2.24) is 4.57 Å². The van der Waals surface area contributed by atoms with Gasteiger partial charge in [-0.15, -0.1) is 0 Å². The molecule has 0 aliphatic carbocycles. The summed E-state index contributed by atoms with van der Waals surface area (Å²) in [5.74, 6) is 0.406. The average molecular weight is 405 g/mol. The molecule has 0 radical (unpaired) electrons. The molecule has 0 bridgehead atoms. The number of rotatable bonds is 6. The summed E-state index contributed by atoms with van der Waals surface area (Å²) in [6.07, 6.45) is 0. The van der Waals surface area contributed by atoms with E-state index in [9.17, 15) is 4.79 Å². The molecule has 5 nitrogen and oxygen atoms in total. The number of ether oxygens (including phenoxy) is 2. The third-order valence-corrected chi connectivity index (χ3v) is 5.68. The second-order valence-corrected chi connectivity index (χ2v) is 7.31. The van der Waals surface area contributed by atoms with Crippen molar-refractivity contribution >= 4 is 39.1 Å². The molecule has 142 valence electrons. The van der Waals surface area contributed by atoms with Gasteiger partial charge < -0.3 is 14.0 Å². The summed E-state index contributed by atoms with van der Waals surface area (Å²) in [5.41, 5.74) is 2.48. The van der Waals surface area contributed by atoms with Gasteiger partial charge in [0.25, 0.3) is 5.91 Å². The molecule has 0 fully saturated rings. The minimum Gasteiger partial charge on any atom is -0.497 e. The summed E-state index contributed by atoms with van der Waals surface area (Å²) >= 11 is 7.78. The summed E-state index contributed by atoms with van der Waals surface area (Å²) in [6.45, 7) is 5.71. The normalized spacial score (nSPS) is 11.9. The van der Waals surface area contributed by atoms with Gasteiger partial charge in [0.2, 0.25) is 0 Å². The first-order valence-corrected chi connectivity index (χ1v) is 9.84. The number of hydrogen-bond donors (Lipinski definition) is 0. The lowest BCUT2D eigenvalue weighted by Gasteiger charge is -2.08. The third-order valence-electron chi connectivity index (χ3n) is 4.23. The van der Waals surface area contributed by atoms with Crippen molar-refractivity contribution in [3.63, 3.8) is 0 Å². The van der Waals surface area contributed by atoms with Crippen molar-refractivity contribution in [2.75, 3.05) is 20.3 Å². The first-order chi connectivity index (χ1) is 13.0. The first-order valence-electron chi connectivity index (χ1n) is 8.64. The first kappa shape index (κ1) is 19.6. The fraction of sp³-hybridized carbons (Fsp3) is 0.300. The van der Waals surface area contributed by atoms with E-state index in [0.717, 1.165) is 15.8 Å². The zero-order chi connectivity index (χ0) is 19.4. The van der Waals surface area contributed by atoms with E-state index < -0.39 is 0 Å². The lowest BCUT2D eigenvalue weighted by Crippen LogP contribution is -2.20. The van der Waals surface area contributed by atoms with Crippen LogP contribution in [0, 0.1) is 6.92 Å². The molecule has 1 heterocycles. The smallest absolute Gasteiger partial charge is 0.279 e. The lowest BCUT2D eigenvalue weighted by molar-refractivity contribution is 0.0996. The van der Waals surface area contributed by atoms with E-state index in [4.69, 9.17) is 21.1 Å². The van der Waals surface area contributed by atoms with Crippen LogP contribution >= 0.6 is 22.9 Å². The largest absolute Gasteiger partial charge is 0.497 e. The van der Waals surface area contributed by atoms with Crippen LogP contribution in [-0.2, 0) is 11.3 Å². The van der Waals surface area contributed by atoms with E-state index in [1.165, 1.54) is 11.3 Å². The number of fused-ring (bicyclic) bond motifs is 1. The van der Waals surface area contributed by atoms with Gasteiger partial charge in [0.15, 0.2) is 4.80 Å². The molecule has 0 saturated heterocycles. The zero-order valence-corrected chi connectivity index (χ0v) is 17.1. The number of methoxy groups -OCH3 is 1. The molecule has 0 unspecified atom stereocenters. The molecule has 7 heteroatoms. The highest BCUT2D eigenvalue weighted by Crippen LogP contribution is 2.27. The standard InChI is InChI=1S/C20H21ClN2O3S/c1-4-26-12-11-23-18-13(2)16(21)9-10-17(18)27-20(23)22-19(24)14-5-7-15(25-3)8-6-14/h5-10H,4,11-12H2,1-3H3. The van der Waals surface area contributed by atoms with Crippen LogP contribution in [0.25, 0.3) is 10.2 Å². The van der Waals surface area contributed by atoms with Crippen molar-refractivity contribution in [2.24, 2.45) is 4.99 Å². The average Bonchev–Trinajstić information content (AvgIpc) is 3.03. The monoisotopic (exact) mass is 404 g/mol. The maximum Gasteiger partial charge on any atom is 0.279 e. The highest BCUT2D eigenvalue weighted by atomic mass is 35.5. The van der Waals surface area contributed by atoms with E-state index in [1.807, 2.05) is 30.5 Å². The predicted molar refractivity (Wildman–Crippen MR) is 109 cm³/mol. The van der Waals surface area contributed by atoms with Gasteiger partial charge in [-0.25, -0.2) is 0 Å². The zero-order valence-electron chi connectivity index (χ0n) is 15.5. The molecule has 0 saturated carbocycles. The Morgan fingerprint density at radius 2 is 1.96 bits per heavy atom. The van der Waals surface area contributed by atoms with Crippen LogP contribution in [0.1, 0.15) is 22.8 Å². The van der Waals surface area contributed by atoms with Crippen molar-refractivity contribution in [3.8, 4) is 5.75 Å². The second-order valence-electron chi connectivity index (χ2n) is 5.90. The Hall–Kier alpha value is -2.15. The second kappa shape index (κ2) is 8.69. The van der Waals surface area contributed by atoms with Gasteiger partial charge in [0.05, 0.1) is 23.9 Å². The summed E-state index contributed by atoms with van der Waals surface area (Å²) in [5, 5.41) is 0.693. The van der Waals surface area contributed by atoms with Gasteiger partial charge in [-0.3, -0.25) is 4.79 Å². The minimum atomic E-state index is -0.293. The van der Waals surface area contributed by atoms with E-state index in [1.54, 1.807) is 31.4 Å². The quantitative estimate of drug-likeness (QED) is 0.570. The number of amides is 1. The molecule has 3 rings (SSSR count). The van der Waals surface area contributed by atoms with Crippen LogP contribution in [0.4, 0.5) is 0 Å². The van der Waals surface area contributed by atoms with E-state index >= 15 is 0 Å².